The van der Waals surface area contributed by atoms with Crippen LogP contribution in [-0.2, 0) is 22.3 Å². The molecule has 7 rings (SSSR count). The molecule has 0 unspecified atom stereocenters. The lowest BCUT2D eigenvalue weighted by molar-refractivity contribution is 0.0624. The molecular weight excluding hydrogens is 926 g/mol. The van der Waals surface area contributed by atoms with E-state index in [9.17, 15) is 32.3 Å². The van der Waals surface area contributed by atoms with Gasteiger partial charge in [0.15, 0.2) is 10.9 Å². The topological polar surface area (TPSA) is 147 Å². The first-order valence-corrected chi connectivity index (χ1v) is 21.6. The fourth-order valence-electron chi connectivity index (χ4n) is 7.30. The Morgan fingerprint density at radius 1 is 0.652 bits per heavy atom. The Labute approximate surface area is 385 Å². The van der Waals surface area contributed by atoms with Crippen molar-refractivity contribution in [2.45, 2.75) is 93.3 Å². The lowest BCUT2D eigenvalue weighted by Gasteiger charge is -2.21. The highest BCUT2D eigenvalue weighted by atomic mass is 79.9. The number of amides is 2. The van der Waals surface area contributed by atoms with Crippen molar-refractivity contribution in [3.8, 4) is 22.5 Å². The molecular formula is C49H48BrF4N5O7. The van der Waals surface area contributed by atoms with E-state index in [1.807, 2.05) is 13.8 Å². The maximum Gasteiger partial charge on any atom is 0.412 e. The van der Waals surface area contributed by atoms with E-state index in [2.05, 4.69) is 31.7 Å². The van der Waals surface area contributed by atoms with Crippen LogP contribution in [0, 0.1) is 37.1 Å². The van der Waals surface area contributed by atoms with E-state index in [-0.39, 0.29) is 33.6 Å². The first-order valence-electron chi connectivity index (χ1n) is 20.8. The lowest BCUT2D eigenvalue weighted by atomic mass is 10.0. The van der Waals surface area contributed by atoms with E-state index < -0.39 is 46.7 Å². The Balaban J connectivity index is 0.000000222. The molecule has 0 bridgehead atoms. The van der Waals surface area contributed by atoms with Gasteiger partial charge in [-0.25, -0.2) is 27.2 Å². The molecule has 0 radical (unpaired) electrons. The molecule has 0 aliphatic carbocycles. The summed E-state index contributed by atoms with van der Waals surface area (Å²) < 4.78 is 78.6. The monoisotopic (exact) mass is 973 g/mol. The van der Waals surface area contributed by atoms with E-state index in [1.165, 1.54) is 24.3 Å². The fraction of sp³-hybridized carbons (Fsp3) is 0.286. The van der Waals surface area contributed by atoms with Gasteiger partial charge in [0.05, 0.1) is 39.5 Å². The molecule has 7 aromatic rings. The third kappa shape index (κ3) is 10.7. The van der Waals surface area contributed by atoms with Crippen LogP contribution >= 0.6 is 15.9 Å². The van der Waals surface area contributed by atoms with Gasteiger partial charge >= 0.3 is 12.2 Å². The van der Waals surface area contributed by atoms with Gasteiger partial charge in [-0.15, -0.1) is 0 Å². The molecule has 0 aliphatic heterocycles. The van der Waals surface area contributed by atoms with E-state index >= 15 is 4.39 Å². The number of anilines is 2. The molecule has 3 heterocycles. The lowest BCUT2D eigenvalue weighted by Crippen LogP contribution is -2.27. The second-order valence-electron chi connectivity index (χ2n) is 17.3. The molecule has 0 saturated heterocycles. The Morgan fingerprint density at radius 3 is 1.50 bits per heavy atom. The van der Waals surface area contributed by atoms with Crippen molar-refractivity contribution in [1.29, 1.82) is 0 Å². The summed E-state index contributed by atoms with van der Waals surface area (Å²) in [6.07, 6.45) is -0.905. The maximum atomic E-state index is 15.3. The first-order chi connectivity index (χ1) is 30.9. The van der Waals surface area contributed by atoms with Crippen LogP contribution in [-0.4, -0.2) is 37.7 Å². The van der Waals surface area contributed by atoms with Crippen LogP contribution in [0.15, 0.2) is 91.4 Å². The number of hydrogen-bond donors (Lipinski definition) is 2. The zero-order valence-corrected chi connectivity index (χ0v) is 39.5. The average Bonchev–Trinajstić information content (AvgIpc) is 3.55. The molecule has 346 valence electrons. The van der Waals surface area contributed by atoms with Gasteiger partial charge in [-0.3, -0.25) is 20.2 Å². The molecule has 12 nitrogen and oxygen atoms in total. The number of nitrogens with one attached hydrogen (secondary N) is 2. The molecule has 0 spiro atoms. The normalized spacial score (nSPS) is 11.6. The summed E-state index contributed by atoms with van der Waals surface area (Å²) in [6, 6.07) is 16.9. The molecule has 4 aromatic carbocycles. The molecule has 2 amide bonds. The Kier molecular flexibility index (Phi) is 14.0. The van der Waals surface area contributed by atoms with Crippen LogP contribution in [0.3, 0.4) is 0 Å². The number of ether oxygens (including phenoxy) is 2. The second-order valence-corrected chi connectivity index (χ2v) is 18.2. The zero-order chi connectivity index (χ0) is 48.6. The number of rotatable bonds is 7. The number of nitrogens with zero attached hydrogens (tertiary/aromatic N) is 3. The average molecular weight is 975 g/mol. The first kappa shape index (κ1) is 48.7. The van der Waals surface area contributed by atoms with Crippen LogP contribution in [0.1, 0.15) is 78.2 Å². The van der Waals surface area contributed by atoms with Crippen molar-refractivity contribution in [2.75, 3.05) is 10.6 Å². The Hall–Kier alpha value is -6.75. The van der Waals surface area contributed by atoms with Crippen molar-refractivity contribution in [1.82, 2.24) is 14.3 Å². The van der Waals surface area contributed by atoms with Crippen LogP contribution in [0.25, 0.3) is 44.3 Å². The Bertz CT molecular complexity index is 3150. The van der Waals surface area contributed by atoms with Crippen LogP contribution in [0.2, 0.25) is 0 Å². The highest BCUT2D eigenvalue weighted by Gasteiger charge is 2.24. The van der Waals surface area contributed by atoms with E-state index in [4.69, 9.17) is 14.0 Å². The number of hydrogen-bond acceptors (Lipinski definition) is 8. The molecule has 0 atom stereocenters. The molecule has 3 aromatic heterocycles. The molecule has 0 fully saturated rings. The van der Waals surface area contributed by atoms with Crippen LogP contribution in [0.4, 0.5) is 38.5 Å². The standard InChI is InChI=1S/C27H27F2N3O4.C22H21BrF2N2O3/c1-7-17-11-24(33)18-9-8-16(25-14(2)31-36-15(25)3)10-22(18)32(17)23-13-21(19(28)12-20(23)29)30-26(34)35-27(4,5)6;1-5-13-9-20(28)14-7-6-12(23)8-18(14)27(13)19-11-17(15(24)10-16(19)25)26-21(29)30-22(2,3)4/h8-13H,7H2,1-6H3,(H,30,34);6-11H,5H2,1-4H3,(H,26,29). The smallest absolute Gasteiger partial charge is 0.412 e. The van der Waals surface area contributed by atoms with Crippen molar-refractivity contribution in [2.24, 2.45) is 0 Å². The molecule has 2 N–H and O–H groups in total. The van der Waals surface area contributed by atoms with Crippen molar-refractivity contribution >= 4 is 61.3 Å². The summed E-state index contributed by atoms with van der Waals surface area (Å²) in [5, 5.41) is 9.42. The van der Waals surface area contributed by atoms with Crippen molar-refractivity contribution in [3.05, 3.63) is 144 Å². The second kappa shape index (κ2) is 19.0. The van der Waals surface area contributed by atoms with E-state index in [0.29, 0.717) is 74.1 Å². The molecule has 17 heteroatoms. The minimum atomic E-state index is -0.957. The Morgan fingerprint density at radius 2 is 1.09 bits per heavy atom. The number of pyridine rings is 2. The number of aryl methyl sites for hydroxylation is 4. The van der Waals surface area contributed by atoms with Gasteiger partial charge in [0.25, 0.3) is 0 Å². The summed E-state index contributed by atoms with van der Waals surface area (Å²) in [6.45, 7) is 17.3. The van der Waals surface area contributed by atoms with Gasteiger partial charge in [0.2, 0.25) is 0 Å². The number of benzene rings is 4. The number of aromatic nitrogens is 3. The SMILES string of the molecule is CCc1cc(=O)c2ccc(-c3c(C)noc3C)cc2n1-c1cc(NC(=O)OC(C)(C)C)c(F)cc1F.CCc1cc(=O)c2ccc(Br)cc2n1-c1cc(NC(=O)OC(C)(C)C)c(F)cc1F. The number of fused-ring (bicyclic) bond motifs is 2. The number of carbonyl (C=O) groups is 2. The van der Waals surface area contributed by atoms with Crippen LogP contribution in [0.5, 0.6) is 0 Å². The number of halogens is 5. The zero-order valence-electron chi connectivity index (χ0n) is 37.9. The largest absolute Gasteiger partial charge is 0.444 e. The van der Waals surface area contributed by atoms with Crippen molar-refractivity contribution < 1.29 is 41.1 Å². The summed E-state index contributed by atoms with van der Waals surface area (Å²) in [4.78, 5) is 49.7. The van der Waals surface area contributed by atoms with Gasteiger partial charge < -0.3 is 23.1 Å². The minimum Gasteiger partial charge on any atom is -0.444 e. The highest BCUT2D eigenvalue weighted by Crippen LogP contribution is 2.33. The summed E-state index contributed by atoms with van der Waals surface area (Å²) in [5.74, 6) is -2.98. The quantitative estimate of drug-likeness (QED) is 0.150. The minimum absolute atomic E-state index is 0.00223. The predicted molar refractivity (Wildman–Crippen MR) is 250 cm³/mol. The molecule has 0 aliphatic rings. The van der Waals surface area contributed by atoms with Gasteiger partial charge in [0, 0.05) is 56.5 Å². The third-order valence-electron chi connectivity index (χ3n) is 10.0. The summed E-state index contributed by atoms with van der Waals surface area (Å²) in [5.41, 5.74) is 1.59. The predicted octanol–water partition coefficient (Wildman–Crippen LogP) is 12.4. The third-order valence-corrected chi connectivity index (χ3v) is 10.5. The van der Waals surface area contributed by atoms with Gasteiger partial charge in [-0.1, -0.05) is 41.0 Å². The molecule has 0 saturated carbocycles. The van der Waals surface area contributed by atoms with E-state index in [1.54, 1.807) is 101 Å². The number of carbonyl (C=O) groups excluding carboxylic acids is 2. The van der Waals surface area contributed by atoms with Crippen LogP contribution < -0.4 is 21.5 Å². The van der Waals surface area contributed by atoms with Gasteiger partial charge in [0.1, 0.15) is 40.2 Å². The molecule has 66 heavy (non-hydrogen) atoms. The maximum absolute atomic E-state index is 15.3. The summed E-state index contributed by atoms with van der Waals surface area (Å²) in [7, 11) is 0. The van der Waals surface area contributed by atoms with Gasteiger partial charge in [-0.2, -0.15) is 0 Å². The van der Waals surface area contributed by atoms with Gasteiger partial charge in [-0.05, 0) is 116 Å². The van der Waals surface area contributed by atoms with E-state index in [0.717, 1.165) is 11.1 Å². The van der Waals surface area contributed by atoms with Crippen molar-refractivity contribution in [3.63, 3.8) is 0 Å². The summed E-state index contributed by atoms with van der Waals surface area (Å²) >= 11 is 3.37. The highest BCUT2D eigenvalue weighted by molar-refractivity contribution is 9.10. The fourth-order valence-corrected chi connectivity index (χ4v) is 7.65.